The average molecular weight is 1250 g/mol. The summed E-state index contributed by atoms with van der Waals surface area (Å²) in [4.78, 5) is 4.86. The molecule has 1 fully saturated rings. The second kappa shape index (κ2) is 27.1. The third kappa shape index (κ3) is 11.1. The number of nitrogens with zero attached hydrogens (tertiary/aromatic N) is 2. The molecule has 6 nitrogen and oxygen atoms in total. The van der Waals surface area contributed by atoms with E-state index < -0.39 is 0 Å². The molecule has 0 saturated heterocycles. The zero-order chi connectivity index (χ0) is 65.4. The minimum absolute atomic E-state index is 0.347. The van der Waals surface area contributed by atoms with E-state index in [1.54, 1.807) is 0 Å². The summed E-state index contributed by atoms with van der Waals surface area (Å²) in [5.74, 6) is 3.24. The molecule has 6 heteroatoms. The Morgan fingerprint density at radius 1 is 0.463 bits per heavy atom. The Morgan fingerprint density at radius 3 is 1.92 bits per heavy atom. The van der Waals surface area contributed by atoms with Crippen molar-refractivity contribution in [2.24, 2.45) is 0 Å². The fraction of sp³-hybridized carbons (Fsp3) is 0.281. The van der Waals surface area contributed by atoms with E-state index in [2.05, 4.69) is 220 Å². The number of allylic oxidation sites excluding steroid dienone is 6. The molecule has 13 aromatic rings. The normalized spacial score (nSPS) is 15.5. The first-order chi connectivity index (χ1) is 46.8. The van der Waals surface area contributed by atoms with Gasteiger partial charge in [0.2, 0.25) is 0 Å². The van der Waals surface area contributed by atoms with E-state index in [4.69, 9.17) is 17.7 Å². The Bertz CT molecular complexity index is 5140. The van der Waals surface area contributed by atoms with Crippen molar-refractivity contribution in [2.45, 2.75) is 165 Å². The summed E-state index contributed by atoms with van der Waals surface area (Å²) in [6.45, 7) is 20.9. The molecule has 5 aliphatic carbocycles. The number of hydrogen-bond acceptors (Lipinski definition) is 6. The van der Waals surface area contributed by atoms with Gasteiger partial charge in [0.15, 0.2) is 0 Å². The number of para-hydroxylation sites is 2. The van der Waals surface area contributed by atoms with E-state index in [0.29, 0.717) is 11.8 Å². The lowest BCUT2D eigenvalue weighted by Crippen LogP contribution is -2.15. The zero-order valence-electron chi connectivity index (χ0n) is 57.3. The van der Waals surface area contributed by atoms with Gasteiger partial charge in [-0.3, -0.25) is 0 Å². The highest BCUT2D eigenvalue weighted by molar-refractivity contribution is 6.22. The molecule has 5 aliphatic rings. The predicted molar refractivity (Wildman–Crippen MR) is 406 cm³/mol. The molecule has 0 spiro atoms. The van der Waals surface area contributed by atoms with E-state index in [9.17, 15) is 0 Å². The number of anilines is 6. The van der Waals surface area contributed by atoms with Crippen LogP contribution in [0.5, 0.6) is 0 Å². The molecular weight excluding hydrogens is 1160 g/mol. The molecule has 18 rings (SSSR count). The monoisotopic (exact) mass is 1250 g/mol. The molecule has 0 bridgehead atoms. The van der Waals surface area contributed by atoms with Gasteiger partial charge in [0.25, 0.3) is 0 Å². The highest BCUT2D eigenvalue weighted by Crippen LogP contribution is 2.53. The molecule has 1 saturated carbocycles. The lowest BCUT2D eigenvalue weighted by atomic mass is 9.81. The second-order valence-corrected chi connectivity index (χ2v) is 25.7. The maximum Gasteiger partial charge on any atom is 0.138 e. The molecule has 95 heavy (non-hydrogen) atoms. The number of aryl methyl sites for hydroxylation is 5. The molecule has 0 aliphatic heterocycles. The Hall–Kier alpha value is -9.52. The number of furan rings is 4. The van der Waals surface area contributed by atoms with Gasteiger partial charge < -0.3 is 27.5 Å². The summed E-state index contributed by atoms with van der Waals surface area (Å²) >= 11 is 0. The lowest BCUT2D eigenvalue weighted by Gasteiger charge is -2.32. The van der Waals surface area contributed by atoms with Crippen LogP contribution in [0.25, 0.3) is 94.3 Å². The number of fused-ring (bicyclic) bond motifs is 17. The van der Waals surface area contributed by atoms with E-state index in [-0.39, 0.29) is 0 Å². The van der Waals surface area contributed by atoms with Gasteiger partial charge >= 0.3 is 0 Å². The maximum absolute atomic E-state index is 6.78. The van der Waals surface area contributed by atoms with Crippen LogP contribution >= 0.6 is 0 Å². The Labute approximate surface area is 560 Å². The smallest absolute Gasteiger partial charge is 0.138 e. The van der Waals surface area contributed by atoms with Crippen LogP contribution in [-0.2, 0) is 19.3 Å². The van der Waals surface area contributed by atoms with Crippen LogP contribution in [0, 0.1) is 13.8 Å². The Morgan fingerprint density at radius 2 is 1.12 bits per heavy atom. The Balaban J connectivity index is 0.000000153. The minimum Gasteiger partial charge on any atom is -0.461 e. The molecule has 480 valence electrons. The largest absolute Gasteiger partial charge is 0.461 e. The van der Waals surface area contributed by atoms with Gasteiger partial charge in [-0.15, -0.1) is 0 Å². The van der Waals surface area contributed by atoms with Crippen LogP contribution in [0.15, 0.2) is 205 Å². The predicted octanol–water partition coefficient (Wildman–Crippen LogP) is 27.6. The SMILES string of the molecule is CC.CC.CC.CCc1oc2cc(N(c3ccc(C4CCCCC4)cc3)c3cc4oc5ccc6ccccc6c5c4c4c3C(C)CC=C4)ccc2c1C.Cc1ccccc1N(c1ccc2c(c1)oc1ccccc12)c1cc2oc3c(c2c2c1C=CCC2)C1=C(C=CCC1)CC3. The van der Waals surface area contributed by atoms with Crippen molar-refractivity contribution in [1.29, 1.82) is 0 Å². The minimum atomic E-state index is 0.347. The molecule has 0 amide bonds. The fourth-order valence-corrected chi connectivity index (χ4v) is 16.1. The van der Waals surface area contributed by atoms with Crippen molar-refractivity contribution >= 4 is 128 Å². The summed E-state index contributed by atoms with van der Waals surface area (Å²) in [5.41, 5.74) is 26.2. The quantitative estimate of drug-likeness (QED) is 0.151. The molecule has 4 aromatic heterocycles. The van der Waals surface area contributed by atoms with Gasteiger partial charge in [0.1, 0.15) is 45.0 Å². The summed E-state index contributed by atoms with van der Waals surface area (Å²) < 4.78 is 26.3. The van der Waals surface area contributed by atoms with E-state index in [1.165, 1.54) is 132 Å². The molecule has 1 atom stereocenters. The third-order valence-electron chi connectivity index (χ3n) is 20.5. The van der Waals surface area contributed by atoms with Crippen LogP contribution in [0.4, 0.5) is 34.1 Å². The number of hydrogen-bond donors (Lipinski definition) is 0. The van der Waals surface area contributed by atoms with Crippen molar-refractivity contribution in [3.8, 4) is 0 Å². The van der Waals surface area contributed by atoms with Crippen molar-refractivity contribution in [3.63, 3.8) is 0 Å². The maximum atomic E-state index is 6.78. The van der Waals surface area contributed by atoms with Gasteiger partial charge in [-0.05, 0) is 187 Å². The lowest BCUT2D eigenvalue weighted by molar-refractivity contribution is 0.443. The van der Waals surface area contributed by atoms with Crippen LogP contribution in [0.3, 0.4) is 0 Å². The second-order valence-electron chi connectivity index (χ2n) is 25.7. The van der Waals surface area contributed by atoms with Crippen LogP contribution < -0.4 is 9.80 Å². The van der Waals surface area contributed by atoms with E-state index >= 15 is 0 Å². The Kier molecular flexibility index (Phi) is 17.9. The van der Waals surface area contributed by atoms with Gasteiger partial charge in [0, 0.05) is 103 Å². The molecule has 4 heterocycles. The third-order valence-corrected chi connectivity index (χ3v) is 20.5. The highest BCUT2D eigenvalue weighted by Gasteiger charge is 2.33. The first-order valence-electron chi connectivity index (χ1n) is 35.8. The highest BCUT2D eigenvalue weighted by atomic mass is 16.3. The van der Waals surface area contributed by atoms with Crippen molar-refractivity contribution in [1.82, 2.24) is 0 Å². The van der Waals surface area contributed by atoms with Crippen molar-refractivity contribution < 1.29 is 17.7 Å². The van der Waals surface area contributed by atoms with E-state index in [1.807, 2.05) is 53.7 Å². The standard InChI is InChI=1S/C44H41NO2.C39H31NO2.3C2H6/c1-4-38-28(3)34-23-22-33(25-40(34)46-38)45(32-20-17-30(18-21-32)29-12-6-5-7-13-29)37-26-41-44(36-16-10-11-27(2)42(36)37)43-35-15-9-8-14-31(35)19-24-39(43)47-41;1-24-10-2-8-16-32(24)40(26-19-20-30-29-14-7-9-17-34(29)41-36(30)22-26)33-23-37-39(31-15-6-5-13-28(31)33)38-27-12-4-3-11-25(27)18-21-35(38)42-37;3*1-2/h8-10,14-27,29H,4-7,11-13H2,1-3H3;2-3,5,7-11,13-14,16-17,19-20,22-23H,4,6,12,15,18,21H2,1H3;3*1-2H3. The van der Waals surface area contributed by atoms with Crippen molar-refractivity contribution in [2.75, 3.05) is 9.80 Å². The topological polar surface area (TPSA) is 59.0 Å². The number of benzene rings is 9. The fourth-order valence-electron chi connectivity index (χ4n) is 16.1. The van der Waals surface area contributed by atoms with Crippen LogP contribution in [0.1, 0.15) is 187 Å². The number of rotatable bonds is 8. The van der Waals surface area contributed by atoms with Crippen molar-refractivity contribution in [3.05, 3.63) is 244 Å². The average Bonchev–Trinajstić information content (AvgIpc) is 1.64. The van der Waals surface area contributed by atoms with E-state index in [0.717, 1.165) is 130 Å². The van der Waals surface area contributed by atoms with Gasteiger partial charge in [0.05, 0.1) is 11.4 Å². The van der Waals surface area contributed by atoms with Gasteiger partial charge in [-0.1, -0.05) is 190 Å². The first-order valence-corrected chi connectivity index (χ1v) is 35.8. The molecule has 9 aromatic carbocycles. The van der Waals surface area contributed by atoms with Crippen LogP contribution in [0.2, 0.25) is 0 Å². The summed E-state index contributed by atoms with van der Waals surface area (Å²) in [7, 11) is 0. The summed E-state index contributed by atoms with van der Waals surface area (Å²) in [6.07, 6.45) is 28.9. The first kappa shape index (κ1) is 62.9. The van der Waals surface area contributed by atoms with Gasteiger partial charge in [-0.2, -0.15) is 0 Å². The summed E-state index contributed by atoms with van der Waals surface area (Å²) in [6, 6.07) is 57.4. The molecule has 0 N–H and O–H groups in total. The molecular formula is C89H90N2O4. The molecule has 0 radical (unpaired) electrons. The van der Waals surface area contributed by atoms with Gasteiger partial charge in [-0.25, -0.2) is 0 Å². The molecule has 1 unspecified atom stereocenters. The van der Waals surface area contributed by atoms with Crippen LogP contribution in [-0.4, -0.2) is 0 Å². The zero-order valence-corrected chi connectivity index (χ0v) is 57.3. The summed E-state index contributed by atoms with van der Waals surface area (Å²) in [5, 5.41) is 9.73.